The van der Waals surface area contributed by atoms with Gasteiger partial charge in [-0.3, -0.25) is 9.89 Å². The van der Waals surface area contributed by atoms with E-state index in [-0.39, 0.29) is 18.6 Å². The van der Waals surface area contributed by atoms with Crippen molar-refractivity contribution in [3.8, 4) is 17.1 Å². The van der Waals surface area contributed by atoms with Crippen LogP contribution in [-0.4, -0.2) is 63.0 Å². The molecule has 2 aromatic heterocycles. The van der Waals surface area contributed by atoms with Gasteiger partial charge in [0.1, 0.15) is 11.6 Å². The number of carboxylic acids is 1. The van der Waals surface area contributed by atoms with Crippen LogP contribution in [0.25, 0.3) is 22.3 Å². The minimum absolute atomic E-state index is 0.0399. The molecule has 0 aliphatic rings. The monoisotopic (exact) mass is 530 g/mol. The summed E-state index contributed by atoms with van der Waals surface area (Å²) in [5, 5.41) is 18.0. The molecule has 0 saturated carbocycles. The number of carbonyl (C=O) groups is 2. The number of carboxylic acid groups (broad SMARTS) is 1. The van der Waals surface area contributed by atoms with E-state index in [1.165, 1.54) is 0 Å². The lowest BCUT2D eigenvalue weighted by Crippen LogP contribution is -2.34. The Morgan fingerprint density at radius 1 is 1.16 bits per heavy atom. The Labute approximate surface area is 215 Å². The molecule has 4 aromatic rings. The van der Waals surface area contributed by atoms with Crippen LogP contribution in [0.5, 0.6) is 5.75 Å². The molecule has 0 fully saturated rings. The van der Waals surface area contributed by atoms with E-state index in [4.69, 9.17) is 19.6 Å². The number of anilines is 2. The molecular formula is C25H25F3N6O4. The summed E-state index contributed by atoms with van der Waals surface area (Å²) in [6.45, 7) is 3.78. The second-order valence-corrected chi connectivity index (χ2v) is 8.28. The van der Waals surface area contributed by atoms with Crippen LogP contribution in [-0.2, 0) is 9.59 Å². The maximum absolute atomic E-state index is 11.8. The van der Waals surface area contributed by atoms with Crippen molar-refractivity contribution >= 4 is 34.3 Å². The van der Waals surface area contributed by atoms with Gasteiger partial charge in [-0.15, -0.1) is 0 Å². The fraction of sp³-hybridized carbons (Fsp3) is 0.240. The molecule has 0 atom stereocenters. The zero-order valence-corrected chi connectivity index (χ0v) is 20.7. The predicted molar refractivity (Wildman–Crippen MR) is 134 cm³/mol. The van der Waals surface area contributed by atoms with E-state index < -0.39 is 12.1 Å². The molecule has 13 heteroatoms. The number of carbonyl (C=O) groups excluding carboxylic acids is 1. The number of aliphatic carboxylic acids is 1. The quantitative estimate of drug-likeness (QED) is 0.322. The number of alkyl halides is 3. The molecular weight excluding hydrogens is 505 g/mol. The fourth-order valence-electron chi connectivity index (χ4n) is 3.18. The number of benzene rings is 2. The van der Waals surface area contributed by atoms with Crippen LogP contribution < -0.4 is 15.0 Å². The van der Waals surface area contributed by atoms with Crippen molar-refractivity contribution in [3.63, 3.8) is 0 Å². The number of rotatable bonds is 7. The number of amides is 1. The normalized spacial score (nSPS) is 11.0. The number of hydrogen-bond acceptors (Lipinski definition) is 7. The van der Waals surface area contributed by atoms with Gasteiger partial charge >= 0.3 is 12.1 Å². The van der Waals surface area contributed by atoms with Gasteiger partial charge < -0.3 is 20.1 Å². The summed E-state index contributed by atoms with van der Waals surface area (Å²) in [4.78, 5) is 31.9. The van der Waals surface area contributed by atoms with Gasteiger partial charge in [0.15, 0.2) is 12.4 Å². The van der Waals surface area contributed by atoms with Crippen LogP contribution in [0.4, 0.5) is 24.7 Å². The zero-order chi connectivity index (χ0) is 27.9. The summed E-state index contributed by atoms with van der Waals surface area (Å²) in [7, 11) is 1.96. The van der Waals surface area contributed by atoms with Crippen LogP contribution in [0.1, 0.15) is 13.8 Å². The summed E-state index contributed by atoms with van der Waals surface area (Å²) in [5.41, 5.74) is 2.79. The van der Waals surface area contributed by atoms with Gasteiger partial charge in [0.25, 0.3) is 5.91 Å². The molecule has 0 saturated heterocycles. The second kappa shape index (κ2) is 12.0. The molecule has 4 rings (SSSR count). The van der Waals surface area contributed by atoms with Crippen molar-refractivity contribution in [2.45, 2.75) is 26.1 Å². The van der Waals surface area contributed by atoms with Gasteiger partial charge in [0.2, 0.25) is 0 Å². The smallest absolute Gasteiger partial charge is 0.484 e. The number of aromatic amines is 1. The van der Waals surface area contributed by atoms with Gasteiger partial charge in [-0.05, 0) is 50.2 Å². The summed E-state index contributed by atoms with van der Waals surface area (Å²) < 4.78 is 37.4. The van der Waals surface area contributed by atoms with Gasteiger partial charge in [0, 0.05) is 35.9 Å². The van der Waals surface area contributed by atoms with E-state index in [9.17, 15) is 18.0 Å². The number of halogens is 3. The molecule has 0 unspecified atom stereocenters. The number of nitrogens with zero attached hydrogens (tertiary/aromatic N) is 4. The molecule has 1 amide bonds. The first kappa shape index (κ1) is 27.9. The summed E-state index contributed by atoms with van der Waals surface area (Å²) in [5.74, 6) is -0.993. The van der Waals surface area contributed by atoms with Crippen LogP contribution in [0, 0.1) is 0 Å². The number of nitrogens with one attached hydrogen (secondary N) is 2. The largest absolute Gasteiger partial charge is 0.490 e. The lowest BCUT2D eigenvalue weighted by Gasteiger charge is -2.19. The zero-order valence-electron chi connectivity index (χ0n) is 20.7. The van der Waals surface area contributed by atoms with Crippen molar-refractivity contribution in [1.29, 1.82) is 0 Å². The highest BCUT2D eigenvalue weighted by Gasteiger charge is 2.38. The van der Waals surface area contributed by atoms with E-state index in [0.29, 0.717) is 11.6 Å². The Morgan fingerprint density at radius 2 is 1.89 bits per heavy atom. The van der Waals surface area contributed by atoms with Crippen molar-refractivity contribution in [3.05, 3.63) is 60.9 Å². The van der Waals surface area contributed by atoms with E-state index in [1.54, 1.807) is 12.4 Å². The van der Waals surface area contributed by atoms with E-state index in [2.05, 4.69) is 26.6 Å². The number of aromatic nitrogens is 4. The van der Waals surface area contributed by atoms with E-state index >= 15 is 0 Å². The number of ether oxygens (including phenoxy) is 1. The Morgan fingerprint density at radius 3 is 2.58 bits per heavy atom. The highest BCUT2D eigenvalue weighted by molar-refractivity contribution is 5.83. The second-order valence-electron chi connectivity index (χ2n) is 8.28. The molecule has 2 heterocycles. The molecule has 2 aromatic carbocycles. The van der Waals surface area contributed by atoms with Crippen molar-refractivity contribution in [1.82, 2.24) is 25.5 Å². The summed E-state index contributed by atoms with van der Waals surface area (Å²) in [6.07, 6.45) is -1.56. The fourth-order valence-corrected chi connectivity index (χ4v) is 3.18. The molecule has 38 heavy (non-hydrogen) atoms. The molecule has 200 valence electrons. The Bertz CT molecular complexity index is 1410. The third-order valence-corrected chi connectivity index (χ3v) is 4.95. The number of fused-ring (bicyclic) bond motifs is 1. The average Bonchev–Trinajstić information content (AvgIpc) is 3.35. The van der Waals surface area contributed by atoms with Crippen molar-refractivity contribution in [2.24, 2.45) is 0 Å². The summed E-state index contributed by atoms with van der Waals surface area (Å²) >= 11 is 0. The highest BCUT2D eigenvalue weighted by Crippen LogP contribution is 2.27. The van der Waals surface area contributed by atoms with Crippen LogP contribution >= 0.6 is 0 Å². The van der Waals surface area contributed by atoms with Gasteiger partial charge in [-0.25, -0.2) is 14.8 Å². The van der Waals surface area contributed by atoms with Gasteiger partial charge in [0.05, 0.1) is 11.7 Å². The minimum atomic E-state index is -5.08. The topological polar surface area (TPSA) is 133 Å². The molecule has 0 radical (unpaired) electrons. The van der Waals surface area contributed by atoms with Gasteiger partial charge in [-0.2, -0.15) is 18.3 Å². The molecule has 10 nitrogen and oxygen atoms in total. The van der Waals surface area contributed by atoms with E-state index in [0.717, 1.165) is 28.0 Å². The van der Waals surface area contributed by atoms with Crippen LogP contribution in [0.15, 0.2) is 60.9 Å². The first-order chi connectivity index (χ1) is 17.9. The molecule has 3 N–H and O–H groups in total. The summed E-state index contributed by atoms with van der Waals surface area (Å²) in [6, 6.07) is 15.4. The maximum atomic E-state index is 11.8. The van der Waals surface area contributed by atoms with Crippen molar-refractivity contribution < 1.29 is 32.6 Å². The molecule has 0 bridgehead atoms. The first-order valence-corrected chi connectivity index (χ1v) is 11.3. The number of hydrogen-bond donors (Lipinski definition) is 3. The molecule has 0 aliphatic heterocycles. The molecule has 0 spiro atoms. The van der Waals surface area contributed by atoms with Crippen LogP contribution in [0.3, 0.4) is 0 Å². The van der Waals surface area contributed by atoms with Gasteiger partial charge in [-0.1, -0.05) is 12.1 Å². The van der Waals surface area contributed by atoms with E-state index in [1.807, 2.05) is 68.3 Å². The maximum Gasteiger partial charge on any atom is 0.490 e. The third-order valence-electron chi connectivity index (χ3n) is 4.95. The minimum Gasteiger partial charge on any atom is -0.484 e. The Hall–Kier alpha value is -4.68. The van der Waals surface area contributed by atoms with Crippen molar-refractivity contribution in [2.75, 3.05) is 18.6 Å². The standard InChI is InChI=1S/C23H24N6O2.C2HF3O2/c1-15(2)26-22(30)14-31-19-6-4-5-16(12-19)23-24-10-9-21(27-23)29(3)18-7-8-20-17(11-18)13-25-28-20;3-2(4,5)1(6)7/h4-13,15H,14H2,1-3H3,(H,25,28)(H,26,30);(H,6,7). The third kappa shape index (κ3) is 7.66. The first-order valence-electron chi connectivity index (χ1n) is 11.3. The Kier molecular flexibility index (Phi) is 8.84. The predicted octanol–water partition coefficient (Wildman–Crippen LogP) is 4.32. The highest BCUT2D eigenvalue weighted by atomic mass is 19.4. The lowest BCUT2D eigenvalue weighted by molar-refractivity contribution is -0.192. The Balaban J connectivity index is 0.000000505. The van der Waals surface area contributed by atoms with Crippen LogP contribution in [0.2, 0.25) is 0 Å². The molecule has 0 aliphatic carbocycles. The average molecular weight is 531 g/mol. The SMILES string of the molecule is CC(C)NC(=O)COc1cccc(-c2nccc(N(C)c3ccc4[nH]ncc4c3)n2)c1.O=C(O)C(F)(F)F. The lowest BCUT2D eigenvalue weighted by atomic mass is 10.2. The number of H-pyrrole nitrogens is 1.